The molecular formula is C26H43NO4. The molecule has 0 fully saturated rings. The lowest BCUT2D eigenvalue weighted by Gasteiger charge is -2.32. The van der Waals surface area contributed by atoms with Crippen molar-refractivity contribution in [1.82, 2.24) is 0 Å². The van der Waals surface area contributed by atoms with Gasteiger partial charge in [0.05, 0.1) is 0 Å². The number of aromatic hydroxyl groups is 1. The number of phenols is 1. The van der Waals surface area contributed by atoms with Crippen LogP contribution >= 0.6 is 0 Å². The van der Waals surface area contributed by atoms with E-state index in [-0.39, 0.29) is 24.1 Å². The molecule has 0 saturated carbocycles. The van der Waals surface area contributed by atoms with Crippen molar-refractivity contribution in [3.05, 3.63) is 29.3 Å². The molecule has 0 saturated heterocycles. The number of ether oxygens (including phenoxy) is 1. The minimum absolute atomic E-state index is 0.0596. The molecule has 1 aromatic rings. The molecule has 0 bridgehead atoms. The van der Waals surface area contributed by atoms with Crippen LogP contribution in [0.2, 0.25) is 0 Å². The number of carbonyl (C=O) groups is 2. The van der Waals surface area contributed by atoms with E-state index in [1.807, 2.05) is 13.8 Å². The zero-order valence-electron chi connectivity index (χ0n) is 20.0. The number of unbranched alkanes of at least 4 members (excludes halogenated alkanes) is 8. The number of carbonyl (C=O) groups excluding carboxylic acids is 2. The molecule has 1 aromatic carbocycles. The van der Waals surface area contributed by atoms with Crippen molar-refractivity contribution in [3.63, 3.8) is 0 Å². The van der Waals surface area contributed by atoms with Gasteiger partial charge >= 0.3 is 5.97 Å². The Kier molecular flexibility index (Phi) is 12.3. The standard InChI is InChI=1S/C26H43NO4/c1-5-7-9-11-12-14-18-26(25(27)30,31-24(29)15-13-10-8-6-2)21-16-17-23(28)22(19-21)20(3)4/h16-17,19-20,28H,5-15,18H2,1-4H3,(H2,27,30). The van der Waals surface area contributed by atoms with E-state index in [1.165, 1.54) is 12.8 Å². The van der Waals surface area contributed by atoms with Gasteiger partial charge in [0.2, 0.25) is 5.60 Å². The van der Waals surface area contributed by atoms with Gasteiger partial charge in [-0.05, 0) is 36.5 Å². The van der Waals surface area contributed by atoms with E-state index in [9.17, 15) is 14.7 Å². The largest absolute Gasteiger partial charge is 0.508 e. The average molecular weight is 434 g/mol. The van der Waals surface area contributed by atoms with E-state index in [0.717, 1.165) is 51.4 Å². The molecule has 3 N–H and O–H groups in total. The van der Waals surface area contributed by atoms with Gasteiger partial charge in [0.1, 0.15) is 5.75 Å². The summed E-state index contributed by atoms with van der Waals surface area (Å²) in [7, 11) is 0. The lowest BCUT2D eigenvalue weighted by atomic mass is 9.84. The van der Waals surface area contributed by atoms with Gasteiger partial charge in [0, 0.05) is 18.4 Å². The van der Waals surface area contributed by atoms with Gasteiger partial charge in [-0.1, -0.05) is 85.1 Å². The van der Waals surface area contributed by atoms with Crippen molar-refractivity contribution < 1.29 is 19.4 Å². The Hall–Kier alpha value is -2.04. The van der Waals surface area contributed by atoms with Gasteiger partial charge in [0.25, 0.3) is 5.91 Å². The number of hydrogen-bond donors (Lipinski definition) is 2. The number of nitrogens with two attached hydrogens (primary N) is 1. The minimum Gasteiger partial charge on any atom is -0.508 e. The van der Waals surface area contributed by atoms with Crippen LogP contribution in [0.1, 0.15) is 122 Å². The monoisotopic (exact) mass is 433 g/mol. The normalized spacial score (nSPS) is 13.2. The lowest BCUT2D eigenvalue weighted by Crippen LogP contribution is -2.45. The number of amides is 1. The fourth-order valence-corrected chi connectivity index (χ4v) is 3.93. The molecule has 0 aliphatic carbocycles. The summed E-state index contributed by atoms with van der Waals surface area (Å²) in [6.45, 7) is 8.24. The van der Waals surface area contributed by atoms with E-state index in [2.05, 4.69) is 13.8 Å². The predicted octanol–water partition coefficient (Wildman–Crippen LogP) is 6.46. The third-order valence-corrected chi connectivity index (χ3v) is 5.92. The number of benzene rings is 1. The SMILES string of the molecule is CCCCCCCCC(OC(=O)CCCCCC)(C(N)=O)c1ccc(O)c(C(C)C)c1. The molecule has 0 radical (unpaired) electrons. The molecular weight excluding hydrogens is 390 g/mol. The Morgan fingerprint density at radius 1 is 0.968 bits per heavy atom. The molecule has 1 rings (SSSR count). The van der Waals surface area contributed by atoms with Crippen molar-refractivity contribution in [1.29, 1.82) is 0 Å². The third-order valence-electron chi connectivity index (χ3n) is 5.92. The highest BCUT2D eigenvalue weighted by atomic mass is 16.6. The summed E-state index contributed by atoms with van der Waals surface area (Å²) >= 11 is 0. The Morgan fingerprint density at radius 2 is 1.55 bits per heavy atom. The first-order valence-electron chi connectivity index (χ1n) is 12.1. The van der Waals surface area contributed by atoms with E-state index < -0.39 is 11.5 Å². The summed E-state index contributed by atoms with van der Waals surface area (Å²) < 4.78 is 5.87. The minimum atomic E-state index is -1.50. The molecule has 1 amide bonds. The molecule has 0 heterocycles. The molecule has 5 nitrogen and oxygen atoms in total. The van der Waals surface area contributed by atoms with Gasteiger partial charge < -0.3 is 15.6 Å². The van der Waals surface area contributed by atoms with Crippen molar-refractivity contribution in [2.45, 2.75) is 116 Å². The van der Waals surface area contributed by atoms with Gasteiger partial charge in [-0.3, -0.25) is 9.59 Å². The fourth-order valence-electron chi connectivity index (χ4n) is 3.93. The van der Waals surface area contributed by atoms with Crippen molar-refractivity contribution >= 4 is 11.9 Å². The van der Waals surface area contributed by atoms with E-state index in [0.29, 0.717) is 17.5 Å². The van der Waals surface area contributed by atoms with E-state index in [4.69, 9.17) is 10.5 Å². The fraction of sp³-hybridized carbons (Fsp3) is 0.692. The molecule has 1 unspecified atom stereocenters. The first kappa shape index (κ1) is 27.0. The summed E-state index contributed by atoms with van der Waals surface area (Å²) in [6, 6.07) is 5.00. The number of primary amides is 1. The zero-order valence-corrected chi connectivity index (χ0v) is 20.0. The quantitative estimate of drug-likeness (QED) is 0.231. The zero-order chi connectivity index (χ0) is 23.3. The molecule has 0 aromatic heterocycles. The summed E-state index contributed by atoms with van der Waals surface area (Å²) in [5, 5.41) is 10.2. The second kappa shape index (κ2) is 14.1. The van der Waals surface area contributed by atoms with E-state index in [1.54, 1.807) is 18.2 Å². The summed E-state index contributed by atoms with van der Waals surface area (Å²) in [5.41, 5.74) is 5.65. The third kappa shape index (κ3) is 8.54. The van der Waals surface area contributed by atoms with Crippen molar-refractivity contribution in [2.24, 2.45) is 5.73 Å². The van der Waals surface area contributed by atoms with Crippen LogP contribution in [0.3, 0.4) is 0 Å². The van der Waals surface area contributed by atoms with Crippen molar-refractivity contribution in [2.75, 3.05) is 0 Å². The van der Waals surface area contributed by atoms with Crippen LogP contribution in [0.5, 0.6) is 5.75 Å². The predicted molar refractivity (Wildman–Crippen MR) is 126 cm³/mol. The van der Waals surface area contributed by atoms with Gasteiger partial charge in [-0.15, -0.1) is 0 Å². The topological polar surface area (TPSA) is 89.6 Å². The highest BCUT2D eigenvalue weighted by Gasteiger charge is 2.42. The molecule has 1 atom stereocenters. The van der Waals surface area contributed by atoms with Gasteiger partial charge in [-0.2, -0.15) is 0 Å². The molecule has 0 spiro atoms. The van der Waals surface area contributed by atoms with E-state index >= 15 is 0 Å². The first-order chi connectivity index (χ1) is 14.8. The summed E-state index contributed by atoms with van der Waals surface area (Å²) in [6.07, 6.45) is 10.8. The van der Waals surface area contributed by atoms with Crippen LogP contribution in [-0.2, 0) is 19.9 Å². The van der Waals surface area contributed by atoms with Crippen LogP contribution in [0.15, 0.2) is 18.2 Å². The molecule has 0 aliphatic rings. The van der Waals surface area contributed by atoms with Gasteiger partial charge in [0.15, 0.2) is 0 Å². The Balaban J connectivity index is 3.11. The molecule has 176 valence electrons. The smallest absolute Gasteiger partial charge is 0.307 e. The van der Waals surface area contributed by atoms with Crippen LogP contribution < -0.4 is 5.73 Å². The molecule has 31 heavy (non-hydrogen) atoms. The molecule has 5 heteroatoms. The van der Waals surface area contributed by atoms with Crippen LogP contribution in [-0.4, -0.2) is 17.0 Å². The maximum atomic E-state index is 12.7. The average Bonchev–Trinajstić information content (AvgIpc) is 2.72. The second-order valence-electron chi connectivity index (χ2n) is 8.92. The maximum Gasteiger partial charge on any atom is 0.307 e. The molecule has 0 aliphatic heterocycles. The number of phenolic OH excluding ortho intramolecular Hbond substituents is 1. The van der Waals surface area contributed by atoms with Crippen molar-refractivity contribution in [3.8, 4) is 5.75 Å². The number of rotatable bonds is 16. The Bertz CT molecular complexity index is 686. The second-order valence-corrected chi connectivity index (χ2v) is 8.92. The van der Waals surface area contributed by atoms with Crippen LogP contribution in [0.25, 0.3) is 0 Å². The number of esters is 1. The Morgan fingerprint density at radius 3 is 2.13 bits per heavy atom. The maximum absolute atomic E-state index is 12.7. The summed E-state index contributed by atoms with van der Waals surface area (Å²) in [5.74, 6) is -0.810. The lowest BCUT2D eigenvalue weighted by molar-refractivity contribution is -0.170. The first-order valence-corrected chi connectivity index (χ1v) is 12.1. The Labute approximate surface area is 188 Å². The highest BCUT2D eigenvalue weighted by molar-refractivity contribution is 5.88. The van der Waals surface area contributed by atoms with Gasteiger partial charge in [-0.25, -0.2) is 0 Å². The van der Waals surface area contributed by atoms with Crippen LogP contribution in [0, 0.1) is 0 Å². The number of hydrogen-bond acceptors (Lipinski definition) is 4. The highest BCUT2D eigenvalue weighted by Crippen LogP contribution is 2.37. The van der Waals surface area contributed by atoms with Crippen LogP contribution in [0.4, 0.5) is 0 Å². The summed E-state index contributed by atoms with van der Waals surface area (Å²) in [4.78, 5) is 25.4.